The zero-order valence-corrected chi connectivity index (χ0v) is 16.1. The molecule has 0 radical (unpaired) electrons. The predicted molar refractivity (Wildman–Crippen MR) is 107 cm³/mol. The highest BCUT2D eigenvalue weighted by atomic mass is 16.5. The van der Waals surface area contributed by atoms with Crippen molar-refractivity contribution in [3.63, 3.8) is 0 Å². The Hall–Kier alpha value is -3.33. The minimum Gasteiger partial charge on any atom is -0.381 e. The van der Waals surface area contributed by atoms with Crippen LogP contribution < -0.4 is 10.9 Å². The zero-order valence-electron chi connectivity index (χ0n) is 16.1. The van der Waals surface area contributed by atoms with Gasteiger partial charge in [0.1, 0.15) is 5.82 Å². The average Bonchev–Trinajstić information content (AvgIpc) is 3.20. The van der Waals surface area contributed by atoms with Crippen LogP contribution >= 0.6 is 0 Å². The summed E-state index contributed by atoms with van der Waals surface area (Å²) in [5, 5.41) is 9.85. The van der Waals surface area contributed by atoms with Crippen molar-refractivity contribution in [1.82, 2.24) is 25.1 Å². The maximum absolute atomic E-state index is 12.5. The average molecular weight is 394 g/mol. The van der Waals surface area contributed by atoms with Crippen LogP contribution in [0.4, 0.5) is 5.82 Å². The smallest absolute Gasteiger partial charge is 0.255 e. The van der Waals surface area contributed by atoms with E-state index in [-0.39, 0.29) is 23.8 Å². The number of aromatic nitrogens is 5. The van der Waals surface area contributed by atoms with Crippen molar-refractivity contribution < 1.29 is 9.53 Å². The summed E-state index contributed by atoms with van der Waals surface area (Å²) < 4.78 is 5.49. The summed E-state index contributed by atoms with van der Waals surface area (Å²) in [6, 6.07) is 5.39. The summed E-state index contributed by atoms with van der Waals surface area (Å²) in [5.74, 6) is 0.796. The van der Waals surface area contributed by atoms with Gasteiger partial charge >= 0.3 is 0 Å². The molecule has 3 aromatic rings. The number of nitrogens with zero attached hydrogens (tertiary/aromatic N) is 3. The van der Waals surface area contributed by atoms with Crippen molar-refractivity contribution in [3.05, 3.63) is 57.9 Å². The summed E-state index contributed by atoms with van der Waals surface area (Å²) in [4.78, 5) is 36.1. The lowest BCUT2D eigenvalue weighted by atomic mass is 9.99. The van der Waals surface area contributed by atoms with E-state index in [9.17, 15) is 9.59 Å². The second-order valence-corrected chi connectivity index (χ2v) is 7.07. The van der Waals surface area contributed by atoms with Crippen LogP contribution in [0, 0.1) is 6.92 Å². The first-order valence-electron chi connectivity index (χ1n) is 9.53. The molecule has 1 atom stereocenters. The van der Waals surface area contributed by atoms with E-state index in [1.54, 1.807) is 25.4 Å². The van der Waals surface area contributed by atoms with Gasteiger partial charge in [0.05, 0.1) is 13.0 Å². The first-order chi connectivity index (χ1) is 14.1. The molecule has 0 spiro atoms. The van der Waals surface area contributed by atoms with Gasteiger partial charge in [0.15, 0.2) is 5.82 Å². The van der Waals surface area contributed by atoms with Gasteiger partial charge < -0.3 is 15.0 Å². The Bertz CT molecular complexity index is 1050. The Kier molecular flexibility index (Phi) is 5.48. The predicted octanol–water partition coefficient (Wildman–Crippen LogP) is 1.94. The molecule has 1 saturated heterocycles. The lowest BCUT2D eigenvalue weighted by Crippen LogP contribution is -2.24. The molecule has 1 aliphatic rings. The summed E-state index contributed by atoms with van der Waals surface area (Å²) in [6.07, 6.45) is 5.22. The third-order valence-electron chi connectivity index (χ3n) is 4.96. The first-order valence-corrected chi connectivity index (χ1v) is 9.53. The number of amides is 1. The van der Waals surface area contributed by atoms with Gasteiger partial charge in [-0.1, -0.05) is 0 Å². The standard InChI is InChI=1S/C20H22N6O3/c1-12-15(20(28)24-19(22-12)13-4-2-6-21-10-13)8-18(27)23-17-9-16(25-26-17)14-5-3-7-29-11-14/h2,4,6,9-10,14H,3,5,7-8,11H2,1H3,(H,22,24,28)(H2,23,25,26,27). The Morgan fingerprint density at radius 2 is 2.31 bits per heavy atom. The molecule has 4 rings (SSSR count). The van der Waals surface area contributed by atoms with Gasteiger partial charge in [-0.25, -0.2) is 4.98 Å². The fraction of sp³-hybridized carbons (Fsp3) is 0.350. The van der Waals surface area contributed by atoms with E-state index in [4.69, 9.17) is 4.74 Å². The van der Waals surface area contributed by atoms with Crippen LogP contribution in [0.5, 0.6) is 0 Å². The van der Waals surface area contributed by atoms with E-state index in [0.29, 0.717) is 35.1 Å². The Labute approximate surface area is 167 Å². The Morgan fingerprint density at radius 1 is 1.41 bits per heavy atom. The second-order valence-electron chi connectivity index (χ2n) is 7.07. The number of nitrogens with one attached hydrogen (secondary N) is 3. The van der Waals surface area contributed by atoms with E-state index in [0.717, 1.165) is 25.1 Å². The number of rotatable bonds is 5. The van der Waals surface area contributed by atoms with Gasteiger partial charge in [-0.2, -0.15) is 5.10 Å². The van der Waals surface area contributed by atoms with Crippen LogP contribution in [0.2, 0.25) is 0 Å². The highest BCUT2D eigenvalue weighted by Crippen LogP contribution is 2.25. The lowest BCUT2D eigenvalue weighted by Gasteiger charge is -2.20. The highest BCUT2D eigenvalue weighted by Gasteiger charge is 2.19. The van der Waals surface area contributed by atoms with Crippen LogP contribution in [0.25, 0.3) is 11.4 Å². The number of hydrogen-bond donors (Lipinski definition) is 3. The Morgan fingerprint density at radius 3 is 3.03 bits per heavy atom. The molecule has 0 aliphatic carbocycles. The van der Waals surface area contributed by atoms with E-state index in [1.165, 1.54) is 0 Å². The van der Waals surface area contributed by atoms with Crippen molar-refractivity contribution in [2.75, 3.05) is 18.5 Å². The lowest BCUT2D eigenvalue weighted by molar-refractivity contribution is -0.115. The summed E-state index contributed by atoms with van der Waals surface area (Å²) in [6.45, 7) is 3.16. The van der Waals surface area contributed by atoms with Gasteiger partial charge in [-0.15, -0.1) is 0 Å². The largest absolute Gasteiger partial charge is 0.381 e. The van der Waals surface area contributed by atoms with Crippen molar-refractivity contribution in [3.8, 4) is 11.4 Å². The molecule has 9 heteroatoms. The SMILES string of the molecule is Cc1nc(-c2cccnc2)[nH]c(=O)c1CC(=O)Nc1cc(C2CCCOC2)[nH]n1. The molecule has 1 unspecified atom stereocenters. The third kappa shape index (κ3) is 4.40. The second kappa shape index (κ2) is 8.36. The van der Waals surface area contributed by atoms with Crippen LogP contribution in [-0.2, 0) is 16.0 Å². The quantitative estimate of drug-likeness (QED) is 0.607. The number of H-pyrrole nitrogens is 2. The van der Waals surface area contributed by atoms with Crippen molar-refractivity contribution in [1.29, 1.82) is 0 Å². The fourth-order valence-corrected chi connectivity index (χ4v) is 3.40. The van der Waals surface area contributed by atoms with E-state index < -0.39 is 0 Å². The zero-order chi connectivity index (χ0) is 20.2. The van der Waals surface area contributed by atoms with Gasteiger partial charge in [-0.05, 0) is 31.9 Å². The van der Waals surface area contributed by atoms with Gasteiger partial charge in [0.2, 0.25) is 5.91 Å². The molecule has 9 nitrogen and oxygen atoms in total. The molecular formula is C20H22N6O3. The molecule has 0 saturated carbocycles. The minimum absolute atomic E-state index is 0.0871. The molecule has 29 heavy (non-hydrogen) atoms. The Balaban J connectivity index is 1.45. The minimum atomic E-state index is -0.339. The number of carbonyl (C=O) groups excluding carboxylic acids is 1. The number of aryl methyl sites for hydroxylation is 1. The molecule has 4 heterocycles. The fourth-order valence-electron chi connectivity index (χ4n) is 3.40. The van der Waals surface area contributed by atoms with Crippen molar-refractivity contribution >= 4 is 11.7 Å². The monoisotopic (exact) mass is 394 g/mol. The number of aromatic amines is 2. The number of anilines is 1. The molecule has 1 fully saturated rings. The maximum Gasteiger partial charge on any atom is 0.255 e. The molecule has 3 N–H and O–H groups in total. The summed E-state index contributed by atoms with van der Waals surface area (Å²) >= 11 is 0. The summed E-state index contributed by atoms with van der Waals surface area (Å²) in [7, 11) is 0. The molecule has 150 valence electrons. The van der Waals surface area contributed by atoms with Crippen LogP contribution in [0.3, 0.4) is 0 Å². The summed E-state index contributed by atoms with van der Waals surface area (Å²) in [5.41, 5.74) is 2.14. The number of hydrogen-bond acceptors (Lipinski definition) is 6. The molecule has 0 bridgehead atoms. The highest BCUT2D eigenvalue weighted by molar-refractivity contribution is 5.91. The third-order valence-corrected chi connectivity index (χ3v) is 4.96. The molecule has 3 aromatic heterocycles. The maximum atomic E-state index is 12.5. The van der Waals surface area contributed by atoms with E-state index in [2.05, 4.69) is 30.5 Å². The van der Waals surface area contributed by atoms with Crippen molar-refractivity contribution in [2.45, 2.75) is 32.1 Å². The number of ether oxygens (including phenoxy) is 1. The van der Waals surface area contributed by atoms with E-state index >= 15 is 0 Å². The van der Waals surface area contributed by atoms with Crippen LogP contribution in [0.1, 0.15) is 35.7 Å². The first kappa shape index (κ1) is 19.0. The van der Waals surface area contributed by atoms with Gasteiger partial charge in [0, 0.05) is 53.5 Å². The van der Waals surface area contributed by atoms with Crippen molar-refractivity contribution in [2.24, 2.45) is 0 Å². The van der Waals surface area contributed by atoms with Gasteiger partial charge in [-0.3, -0.25) is 19.7 Å². The molecule has 0 aromatic carbocycles. The number of carbonyl (C=O) groups is 1. The van der Waals surface area contributed by atoms with Gasteiger partial charge in [0.25, 0.3) is 5.56 Å². The normalized spacial score (nSPS) is 16.5. The van der Waals surface area contributed by atoms with Crippen LogP contribution in [-0.4, -0.2) is 44.3 Å². The molecule has 1 aliphatic heterocycles. The topological polar surface area (TPSA) is 126 Å². The van der Waals surface area contributed by atoms with E-state index in [1.807, 2.05) is 12.1 Å². The molecule has 1 amide bonds. The van der Waals surface area contributed by atoms with Crippen LogP contribution in [0.15, 0.2) is 35.4 Å². The molecular weight excluding hydrogens is 372 g/mol. The number of pyridine rings is 1.